The number of rotatable bonds is 5. The normalized spacial score (nSPS) is 21.6. The van der Waals surface area contributed by atoms with Crippen LogP contribution in [0.3, 0.4) is 0 Å². The SMILES string of the molecule is CCc1nn(CC)c(CC(F)C2CCCNC2)c1Br. The van der Waals surface area contributed by atoms with Crippen LogP contribution in [0, 0.1) is 5.92 Å². The maximum absolute atomic E-state index is 14.5. The molecule has 5 heteroatoms. The molecule has 1 saturated heterocycles. The van der Waals surface area contributed by atoms with Crippen molar-refractivity contribution >= 4 is 15.9 Å². The van der Waals surface area contributed by atoms with Gasteiger partial charge in [0.15, 0.2) is 0 Å². The average Bonchev–Trinajstić information content (AvgIpc) is 2.76. The van der Waals surface area contributed by atoms with Crippen LogP contribution in [0.4, 0.5) is 4.39 Å². The summed E-state index contributed by atoms with van der Waals surface area (Å²) in [4.78, 5) is 0. The van der Waals surface area contributed by atoms with E-state index in [9.17, 15) is 4.39 Å². The van der Waals surface area contributed by atoms with Crippen molar-refractivity contribution in [1.29, 1.82) is 0 Å². The van der Waals surface area contributed by atoms with Crippen LogP contribution < -0.4 is 5.32 Å². The lowest BCUT2D eigenvalue weighted by molar-refractivity contribution is 0.188. The molecule has 0 radical (unpaired) electrons. The number of nitrogens with zero attached hydrogens (tertiary/aromatic N) is 2. The fourth-order valence-electron chi connectivity index (χ4n) is 2.75. The zero-order valence-electron chi connectivity index (χ0n) is 11.8. The van der Waals surface area contributed by atoms with E-state index in [1.165, 1.54) is 0 Å². The van der Waals surface area contributed by atoms with E-state index in [0.717, 1.165) is 54.8 Å². The van der Waals surface area contributed by atoms with Gasteiger partial charge in [0.05, 0.1) is 15.9 Å². The van der Waals surface area contributed by atoms with Crippen LogP contribution in [0.2, 0.25) is 0 Å². The molecular formula is C14H23BrFN3. The molecule has 0 spiro atoms. The van der Waals surface area contributed by atoms with Crippen molar-refractivity contribution in [2.45, 2.75) is 52.2 Å². The Kier molecular flexibility index (Phi) is 5.39. The second-order valence-corrected chi connectivity index (χ2v) is 6.00. The van der Waals surface area contributed by atoms with Gasteiger partial charge in [0.25, 0.3) is 0 Å². The molecule has 1 N–H and O–H groups in total. The van der Waals surface area contributed by atoms with Crippen molar-refractivity contribution in [2.24, 2.45) is 5.92 Å². The number of aromatic nitrogens is 2. The van der Waals surface area contributed by atoms with Gasteiger partial charge >= 0.3 is 0 Å². The third kappa shape index (κ3) is 3.37. The molecule has 1 fully saturated rings. The smallest absolute Gasteiger partial charge is 0.110 e. The molecule has 2 unspecified atom stereocenters. The first kappa shape index (κ1) is 15.0. The van der Waals surface area contributed by atoms with Crippen molar-refractivity contribution in [1.82, 2.24) is 15.1 Å². The molecule has 2 heterocycles. The highest BCUT2D eigenvalue weighted by Gasteiger charge is 2.26. The fraction of sp³-hybridized carbons (Fsp3) is 0.786. The Hall–Kier alpha value is -0.420. The number of hydrogen-bond donors (Lipinski definition) is 1. The highest BCUT2D eigenvalue weighted by atomic mass is 79.9. The Balaban J connectivity index is 2.10. The van der Waals surface area contributed by atoms with Gasteiger partial charge in [-0.2, -0.15) is 5.10 Å². The van der Waals surface area contributed by atoms with Gasteiger partial charge in [-0.25, -0.2) is 4.39 Å². The lowest BCUT2D eigenvalue weighted by Crippen LogP contribution is -2.36. The van der Waals surface area contributed by atoms with Crippen LogP contribution in [-0.2, 0) is 19.4 Å². The lowest BCUT2D eigenvalue weighted by Gasteiger charge is -2.26. The highest BCUT2D eigenvalue weighted by molar-refractivity contribution is 9.10. The summed E-state index contributed by atoms with van der Waals surface area (Å²) in [5.74, 6) is 0.144. The van der Waals surface area contributed by atoms with Gasteiger partial charge in [-0.3, -0.25) is 4.68 Å². The van der Waals surface area contributed by atoms with E-state index in [0.29, 0.717) is 6.42 Å². The molecule has 108 valence electrons. The molecular weight excluding hydrogens is 309 g/mol. The predicted octanol–water partition coefficient (Wildman–Crippen LogP) is 3.11. The van der Waals surface area contributed by atoms with E-state index >= 15 is 0 Å². The molecule has 1 aliphatic rings. The molecule has 0 saturated carbocycles. The Morgan fingerprint density at radius 3 is 2.89 bits per heavy atom. The maximum atomic E-state index is 14.5. The monoisotopic (exact) mass is 331 g/mol. The molecule has 2 rings (SSSR count). The van der Waals surface area contributed by atoms with E-state index in [-0.39, 0.29) is 5.92 Å². The number of aryl methyl sites for hydroxylation is 2. The Labute approximate surface area is 123 Å². The van der Waals surface area contributed by atoms with Gasteiger partial charge in [-0.15, -0.1) is 0 Å². The van der Waals surface area contributed by atoms with E-state index in [1.807, 2.05) is 4.68 Å². The average molecular weight is 332 g/mol. The van der Waals surface area contributed by atoms with E-state index in [4.69, 9.17) is 0 Å². The van der Waals surface area contributed by atoms with Crippen LogP contribution in [0.1, 0.15) is 38.1 Å². The topological polar surface area (TPSA) is 29.9 Å². The van der Waals surface area contributed by atoms with Crippen molar-refractivity contribution in [2.75, 3.05) is 13.1 Å². The molecule has 1 aromatic heterocycles. The summed E-state index contributed by atoms with van der Waals surface area (Å²) in [6.07, 6.45) is 2.64. The third-order valence-corrected chi connectivity index (χ3v) is 4.84. The minimum atomic E-state index is -0.782. The number of piperidine rings is 1. The number of nitrogens with one attached hydrogen (secondary N) is 1. The Bertz CT molecular complexity index is 413. The number of alkyl halides is 1. The summed E-state index contributed by atoms with van der Waals surface area (Å²) in [5.41, 5.74) is 2.04. The minimum Gasteiger partial charge on any atom is -0.316 e. The van der Waals surface area contributed by atoms with Crippen LogP contribution >= 0.6 is 15.9 Å². The first-order valence-corrected chi connectivity index (χ1v) is 8.05. The molecule has 0 aromatic carbocycles. The van der Waals surface area contributed by atoms with Gasteiger partial charge < -0.3 is 5.32 Å². The second-order valence-electron chi connectivity index (χ2n) is 5.20. The summed E-state index contributed by atoms with van der Waals surface area (Å²) in [7, 11) is 0. The molecule has 2 atom stereocenters. The summed E-state index contributed by atoms with van der Waals surface area (Å²) in [5, 5.41) is 7.82. The van der Waals surface area contributed by atoms with Gasteiger partial charge in [0.1, 0.15) is 6.17 Å². The predicted molar refractivity (Wildman–Crippen MR) is 79.2 cm³/mol. The van der Waals surface area contributed by atoms with Gasteiger partial charge in [-0.05, 0) is 48.7 Å². The van der Waals surface area contributed by atoms with Gasteiger partial charge in [0.2, 0.25) is 0 Å². The third-order valence-electron chi connectivity index (χ3n) is 3.93. The zero-order chi connectivity index (χ0) is 13.8. The molecule has 0 aliphatic carbocycles. The van der Waals surface area contributed by atoms with E-state index < -0.39 is 6.17 Å². The number of hydrogen-bond acceptors (Lipinski definition) is 2. The van der Waals surface area contributed by atoms with Crippen molar-refractivity contribution in [3.63, 3.8) is 0 Å². The zero-order valence-corrected chi connectivity index (χ0v) is 13.3. The molecule has 1 aromatic rings. The molecule has 0 amide bonds. The van der Waals surface area contributed by atoms with Crippen molar-refractivity contribution < 1.29 is 4.39 Å². The van der Waals surface area contributed by atoms with Crippen LogP contribution in [0.15, 0.2) is 4.47 Å². The molecule has 19 heavy (non-hydrogen) atoms. The summed E-state index contributed by atoms with van der Waals surface area (Å²) in [6, 6.07) is 0. The summed E-state index contributed by atoms with van der Waals surface area (Å²) < 4.78 is 17.4. The van der Waals surface area contributed by atoms with Crippen LogP contribution in [-0.4, -0.2) is 29.0 Å². The Morgan fingerprint density at radius 2 is 2.32 bits per heavy atom. The quantitative estimate of drug-likeness (QED) is 0.898. The molecule has 0 bridgehead atoms. The lowest BCUT2D eigenvalue weighted by atomic mass is 9.92. The first-order chi connectivity index (χ1) is 9.17. The molecule has 1 aliphatic heterocycles. The maximum Gasteiger partial charge on any atom is 0.110 e. The number of halogens is 2. The van der Waals surface area contributed by atoms with Crippen molar-refractivity contribution in [3.8, 4) is 0 Å². The standard InChI is InChI=1S/C14H23BrFN3/c1-3-12-14(15)13(19(4-2)18-12)8-11(16)10-6-5-7-17-9-10/h10-11,17H,3-9H2,1-2H3. The van der Waals surface area contributed by atoms with Gasteiger partial charge in [-0.1, -0.05) is 6.92 Å². The van der Waals surface area contributed by atoms with Crippen molar-refractivity contribution in [3.05, 3.63) is 15.9 Å². The van der Waals surface area contributed by atoms with Gasteiger partial charge in [0, 0.05) is 25.4 Å². The largest absolute Gasteiger partial charge is 0.316 e. The van der Waals surface area contributed by atoms with Crippen LogP contribution in [0.25, 0.3) is 0 Å². The second kappa shape index (κ2) is 6.84. The summed E-state index contributed by atoms with van der Waals surface area (Å²) >= 11 is 3.59. The van der Waals surface area contributed by atoms with E-state index in [1.54, 1.807) is 0 Å². The molecule has 3 nitrogen and oxygen atoms in total. The Morgan fingerprint density at radius 1 is 1.53 bits per heavy atom. The summed E-state index contributed by atoms with van der Waals surface area (Å²) in [6.45, 7) is 6.76. The highest BCUT2D eigenvalue weighted by Crippen LogP contribution is 2.27. The van der Waals surface area contributed by atoms with Crippen LogP contribution in [0.5, 0.6) is 0 Å². The van der Waals surface area contributed by atoms with E-state index in [2.05, 4.69) is 40.2 Å². The first-order valence-electron chi connectivity index (χ1n) is 7.26. The fourth-order valence-corrected chi connectivity index (χ4v) is 3.48. The minimum absolute atomic E-state index is 0.144.